The van der Waals surface area contributed by atoms with Gasteiger partial charge in [0, 0.05) is 0 Å². The number of nitrogens with zero attached hydrogens (tertiary/aromatic N) is 1. The number of nitrogens with one attached hydrogen (secondary N) is 1. The summed E-state index contributed by atoms with van der Waals surface area (Å²) in [5.74, 6) is 0.683. The van der Waals surface area contributed by atoms with E-state index in [1.165, 1.54) is 5.57 Å². The van der Waals surface area contributed by atoms with Crippen LogP contribution in [0.15, 0.2) is 28.8 Å². The zero-order valence-electron chi connectivity index (χ0n) is 8.00. The first-order chi connectivity index (χ1) is 6.24. The van der Waals surface area contributed by atoms with E-state index in [2.05, 4.69) is 63.5 Å². The Labute approximate surface area is 93.7 Å². The Morgan fingerprint density at radius 2 is 2.54 bits per heavy atom. The number of rotatable bonds is 3. The van der Waals surface area contributed by atoms with Crippen molar-refractivity contribution in [2.24, 2.45) is 10.9 Å². The summed E-state index contributed by atoms with van der Waals surface area (Å²) >= 11 is 2.06. The van der Waals surface area contributed by atoms with Crippen molar-refractivity contribution in [3.8, 4) is 0 Å². The second-order valence-electron chi connectivity index (χ2n) is 3.34. The number of halogens is 1. The number of allylic oxidation sites excluding steroid dienone is 2. The smallest absolute Gasteiger partial charge is 0.0918 e. The van der Waals surface area contributed by atoms with Crippen molar-refractivity contribution in [3.63, 3.8) is 0 Å². The molecule has 0 saturated heterocycles. The monoisotopic (exact) mass is 290 g/mol. The zero-order valence-corrected chi connectivity index (χ0v) is 10.2. The highest BCUT2D eigenvalue weighted by Crippen LogP contribution is 2.19. The summed E-state index contributed by atoms with van der Waals surface area (Å²) < 4.78 is 2.87. The Bertz CT molecular complexity index is 243. The molecule has 0 bridgehead atoms. The summed E-state index contributed by atoms with van der Waals surface area (Å²) in [4.78, 5) is 4.33. The Balaban J connectivity index is 2.53. The predicted octanol–water partition coefficient (Wildman–Crippen LogP) is 2.87. The maximum absolute atomic E-state index is 4.33. The van der Waals surface area contributed by atoms with Crippen LogP contribution in [0.1, 0.15) is 20.3 Å². The summed E-state index contributed by atoms with van der Waals surface area (Å²) in [6.45, 7) is 4.33. The number of aliphatic imine (C=N–C) groups is 1. The molecular weight excluding hydrogens is 275 g/mol. The van der Waals surface area contributed by atoms with Gasteiger partial charge in [0.2, 0.25) is 0 Å². The summed E-state index contributed by atoms with van der Waals surface area (Å²) in [7, 11) is 0. The molecule has 2 nitrogen and oxygen atoms in total. The van der Waals surface area contributed by atoms with Crippen molar-refractivity contribution in [1.82, 2.24) is 3.53 Å². The third-order valence-corrected chi connectivity index (χ3v) is 2.45. The molecule has 0 aromatic heterocycles. The largest absolute Gasteiger partial charge is 0.320 e. The molecule has 0 amide bonds. The van der Waals surface area contributed by atoms with E-state index in [1.54, 1.807) is 6.34 Å². The van der Waals surface area contributed by atoms with Crippen LogP contribution in [-0.4, -0.2) is 12.4 Å². The molecule has 0 aromatic carbocycles. The average Bonchev–Trinajstić information content (AvgIpc) is 2.15. The van der Waals surface area contributed by atoms with Crippen LogP contribution in [0.2, 0.25) is 0 Å². The molecular formula is C10H15IN2. The molecule has 2 unspecified atom stereocenters. The third kappa shape index (κ3) is 3.50. The fraction of sp³-hybridized carbons (Fsp3) is 0.500. The molecule has 0 saturated carbocycles. The van der Waals surface area contributed by atoms with Crippen LogP contribution in [-0.2, 0) is 0 Å². The van der Waals surface area contributed by atoms with Gasteiger partial charge in [0.15, 0.2) is 0 Å². The maximum Gasteiger partial charge on any atom is 0.0918 e. The number of hydrogen-bond acceptors (Lipinski definition) is 1. The molecule has 0 heterocycles. The molecule has 1 N–H and O–H groups in total. The second kappa shape index (κ2) is 5.42. The first kappa shape index (κ1) is 10.8. The Hall–Kier alpha value is -0.320. The Morgan fingerprint density at radius 3 is 3.08 bits per heavy atom. The van der Waals surface area contributed by atoms with Gasteiger partial charge in [-0.05, 0) is 24.8 Å². The highest BCUT2D eigenvalue weighted by atomic mass is 127. The lowest BCUT2D eigenvalue weighted by Crippen LogP contribution is -2.07. The molecule has 0 aliphatic heterocycles. The van der Waals surface area contributed by atoms with E-state index in [9.17, 15) is 0 Å². The van der Waals surface area contributed by atoms with Crippen LogP contribution >= 0.6 is 22.9 Å². The molecule has 1 aliphatic rings. The minimum absolute atomic E-state index is 0.269. The Morgan fingerprint density at radius 1 is 1.77 bits per heavy atom. The second-order valence-corrected chi connectivity index (χ2v) is 3.96. The summed E-state index contributed by atoms with van der Waals surface area (Å²) in [6, 6.07) is 0.269. The molecule has 0 aromatic rings. The van der Waals surface area contributed by atoms with Gasteiger partial charge < -0.3 is 3.53 Å². The molecule has 0 fully saturated rings. The SMILES string of the molecule is CC1C=CC(C(C)N=CNI)=CC1. The molecule has 0 radical (unpaired) electrons. The fourth-order valence-electron chi connectivity index (χ4n) is 1.28. The van der Waals surface area contributed by atoms with Crippen LogP contribution in [0.4, 0.5) is 0 Å². The van der Waals surface area contributed by atoms with E-state index in [-0.39, 0.29) is 6.04 Å². The number of hydrogen-bond donors (Lipinski definition) is 1. The quantitative estimate of drug-likeness (QED) is 0.367. The van der Waals surface area contributed by atoms with Crippen LogP contribution in [0, 0.1) is 5.92 Å². The van der Waals surface area contributed by atoms with Crippen molar-refractivity contribution < 1.29 is 0 Å². The van der Waals surface area contributed by atoms with Crippen LogP contribution in [0.5, 0.6) is 0 Å². The summed E-state index contributed by atoms with van der Waals surface area (Å²) in [5, 5.41) is 0. The lowest BCUT2D eigenvalue weighted by molar-refractivity contribution is 0.717. The fourth-order valence-corrected chi connectivity index (χ4v) is 1.44. The minimum atomic E-state index is 0.269. The van der Waals surface area contributed by atoms with Gasteiger partial charge in [0.25, 0.3) is 0 Å². The van der Waals surface area contributed by atoms with Gasteiger partial charge >= 0.3 is 0 Å². The molecule has 0 spiro atoms. The van der Waals surface area contributed by atoms with Crippen LogP contribution < -0.4 is 3.53 Å². The van der Waals surface area contributed by atoms with Crippen molar-refractivity contribution in [3.05, 3.63) is 23.8 Å². The normalized spacial score (nSPS) is 24.5. The summed E-state index contributed by atoms with van der Waals surface area (Å²) in [6.07, 6.45) is 9.59. The van der Waals surface area contributed by atoms with E-state index in [0.717, 1.165) is 6.42 Å². The van der Waals surface area contributed by atoms with E-state index < -0.39 is 0 Å². The molecule has 1 rings (SSSR count). The van der Waals surface area contributed by atoms with E-state index in [0.29, 0.717) is 5.92 Å². The maximum atomic E-state index is 4.33. The van der Waals surface area contributed by atoms with Crippen molar-refractivity contribution in [2.75, 3.05) is 0 Å². The highest BCUT2D eigenvalue weighted by molar-refractivity contribution is 14.1. The first-order valence-corrected chi connectivity index (χ1v) is 5.58. The van der Waals surface area contributed by atoms with E-state index >= 15 is 0 Å². The third-order valence-electron chi connectivity index (χ3n) is 2.17. The van der Waals surface area contributed by atoms with Gasteiger partial charge in [-0.3, -0.25) is 4.99 Å². The lowest BCUT2D eigenvalue weighted by Gasteiger charge is -2.14. The van der Waals surface area contributed by atoms with E-state index in [1.807, 2.05) is 0 Å². The zero-order chi connectivity index (χ0) is 9.68. The molecule has 1 aliphatic carbocycles. The van der Waals surface area contributed by atoms with Crippen molar-refractivity contribution >= 4 is 29.2 Å². The van der Waals surface area contributed by atoms with Gasteiger partial charge in [0.05, 0.1) is 35.2 Å². The van der Waals surface area contributed by atoms with Gasteiger partial charge in [-0.15, -0.1) is 0 Å². The van der Waals surface area contributed by atoms with Crippen molar-refractivity contribution in [2.45, 2.75) is 26.3 Å². The van der Waals surface area contributed by atoms with Crippen molar-refractivity contribution in [1.29, 1.82) is 0 Å². The van der Waals surface area contributed by atoms with Gasteiger partial charge in [0.1, 0.15) is 0 Å². The van der Waals surface area contributed by atoms with Crippen LogP contribution in [0.3, 0.4) is 0 Å². The average molecular weight is 290 g/mol. The van der Waals surface area contributed by atoms with Gasteiger partial charge in [-0.1, -0.05) is 25.2 Å². The first-order valence-electron chi connectivity index (χ1n) is 4.50. The van der Waals surface area contributed by atoms with Gasteiger partial charge in [-0.25, -0.2) is 0 Å². The lowest BCUT2D eigenvalue weighted by atomic mass is 9.95. The summed E-state index contributed by atoms with van der Waals surface area (Å²) in [5.41, 5.74) is 1.32. The highest BCUT2D eigenvalue weighted by Gasteiger charge is 2.08. The molecule has 3 heteroatoms. The van der Waals surface area contributed by atoms with Crippen LogP contribution in [0.25, 0.3) is 0 Å². The topological polar surface area (TPSA) is 24.4 Å². The standard InChI is InChI=1S/C10H15IN2/c1-8-3-5-10(6-4-8)9(2)12-7-13-11/h3,5-9H,4H2,1-2H3,(H,12,13). The van der Waals surface area contributed by atoms with Gasteiger partial charge in [-0.2, -0.15) is 0 Å². The van der Waals surface area contributed by atoms with E-state index in [4.69, 9.17) is 0 Å². The molecule has 2 atom stereocenters. The Kier molecular flexibility index (Phi) is 4.48. The predicted molar refractivity (Wildman–Crippen MR) is 66.1 cm³/mol. The minimum Gasteiger partial charge on any atom is -0.320 e. The molecule has 13 heavy (non-hydrogen) atoms. The molecule has 72 valence electrons.